The zero-order valence-electron chi connectivity index (χ0n) is 9.47. The molecule has 3 heteroatoms. The fourth-order valence-electron chi connectivity index (χ4n) is 2.72. The van der Waals surface area contributed by atoms with Gasteiger partial charge in [0.2, 0.25) is 0 Å². The van der Waals surface area contributed by atoms with Crippen molar-refractivity contribution < 1.29 is 4.39 Å². The topological polar surface area (TPSA) is 12.0 Å². The first-order chi connectivity index (χ1) is 7.70. The summed E-state index contributed by atoms with van der Waals surface area (Å²) in [6.45, 7) is 0. The Morgan fingerprint density at radius 1 is 1.31 bits per heavy atom. The molecular weight excluding hydrogens is 225 g/mol. The molecule has 88 valence electrons. The third-order valence-electron chi connectivity index (χ3n) is 3.43. The molecule has 1 saturated carbocycles. The number of benzene rings is 1. The number of hydrogen-bond acceptors (Lipinski definition) is 1. The molecule has 2 rings (SSSR count). The summed E-state index contributed by atoms with van der Waals surface area (Å²) in [6, 6.07) is 5.04. The maximum Gasteiger partial charge on any atom is 0.125 e. The predicted octanol–water partition coefficient (Wildman–Crippen LogP) is 3.93. The van der Waals surface area contributed by atoms with Crippen molar-refractivity contribution >= 4 is 11.6 Å². The summed E-state index contributed by atoms with van der Waals surface area (Å²) in [7, 11) is 1.93. The van der Waals surface area contributed by atoms with E-state index in [1.807, 2.05) is 13.1 Å². The van der Waals surface area contributed by atoms with Gasteiger partial charge in [0.25, 0.3) is 0 Å². The van der Waals surface area contributed by atoms with Gasteiger partial charge in [-0.1, -0.05) is 24.4 Å². The normalized spacial score (nSPS) is 18.9. The van der Waals surface area contributed by atoms with Crippen LogP contribution >= 0.6 is 11.6 Å². The molecule has 1 N–H and O–H groups in total. The summed E-state index contributed by atoms with van der Waals surface area (Å²) >= 11 is 5.89. The lowest BCUT2D eigenvalue weighted by atomic mass is 9.92. The van der Waals surface area contributed by atoms with Crippen LogP contribution in [0.2, 0.25) is 5.02 Å². The van der Waals surface area contributed by atoms with Crippen molar-refractivity contribution in [2.75, 3.05) is 7.05 Å². The quantitative estimate of drug-likeness (QED) is 0.846. The van der Waals surface area contributed by atoms with Gasteiger partial charge in [0, 0.05) is 11.1 Å². The molecule has 1 unspecified atom stereocenters. The van der Waals surface area contributed by atoms with E-state index in [1.165, 1.54) is 31.7 Å². The third kappa shape index (κ3) is 2.55. The van der Waals surface area contributed by atoms with E-state index in [-0.39, 0.29) is 11.9 Å². The SMILES string of the molecule is CNC(c1cc(F)cc(Cl)c1)C1CCCC1. The van der Waals surface area contributed by atoms with Crippen molar-refractivity contribution in [1.29, 1.82) is 0 Å². The molecule has 1 aromatic rings. The Bertz CT molecular complexity index is 341. The molecule has 1 fully saturated rings. The van der Waals surface area contributed by atoms with Crippen LogP contribution in [0, 0.1) is 11.7 Å². The molecule has 1 atom stereocenters. The first-order valence-electron chi connectivity index (χ1n) is 5.84. The van der Waals surface area contributed by atoms with Crippen molar-refractivity contribution in [3.63, 3.8) is 0 Å². The molecule has 0 bridgehead atoms. The molecule has 0 spiro atoms. The van der Waals surface area contributed by atoms with E-state index in [0.717, 1.165) is 5.56 Å². The van der Waals surface area contributed by atoms with Crippen molar-refractivity contribution in [1.82, 2.24) is 5.32 Å². The zero-order valence-corrected chi connectivity index (χ0v) is 10.2. The highest BCUT2D eigenvalue weighted by atomic mass is 35.5. The molecule has 0 radical (unpaired) electrons. The van der Waals surface area contributed by atoms with Crippen molar-refractivity contribution in [3.8, 4) is 0 Å². The summed E-state index contributed by atoms with van der Waals surface area (Å²) in [5.74, 6) is 0.364. The van der Waals surface area contributed by atoms with E-state index >= 15 is 0 Å². The summed E-state index contributed by atoms with van der Waals surface area (Å²) < 4.78 is 13.3. The summed E-state index contributed by atoms with van der Waals surface area (Å²) in [6.07, 6.45) is 5.01. The third-order valence-corrected chi connectivity index (χ3v) is 3.64. The first-order valence-corrected chi connectivity index (χ1v) is 6.22. The number of halogens is 2. The highest BCUT2D eigenvalue weighted by Crippen LogP contribution is 2.36. The van der Waals surface area contributed by atoms with Crippen LogP contribution in [-0.4, -0.2) is 7.05 Å². The molecule has 16 heavy (non-hydrogen) atoms. The van der Waals surface area contributed by atoms with Gasteiger partial charge in [-0.15, -0.1) is 0 Å². The lowest BCUT2D eigenvalue weighted by Crippen LogP contribution is -2.23. The van der Waals surface area contributed by atoms with E-state index in [9.17, 15) is 4.39 Å². The molecule has 0 aromatic heterocycles. The van der Waals surface area contributed by atoms with E-state index in [2.05, 4.69) is 5.32 Å². The molecule has 0 saturated heterocycles. The Hall–Kier alpha value is -0.600. The Morgan fingerprint density at radius 3 is 2.56 bits per heavy atom. The molecule has 1 aliphatic carbocycles. The van der Waals surface area contributed by atoms with Gasteiger partial charge in [0.05, 0.1) is 0 Å². The summed E-state index contributed by atoms with van der Waals surface area (Å²) in [5.41, 5.74) is 0.972. The predicted molar refractivity (Wildman–Crippen MR) is 65.2 cm³/mol. The minimum absolute atomic E-state index is 0.232. The van der Waals surface area contributed by atoms with E-state index in [4.69, 9.17) is 11.6 Å². The molecule has 0 aliphatic heterocycles. The molecule has 1 aliphatic rings. The second-order valence-corrected chi connectivity index (χ2v) is 4.95. The maximum atomic E-state index is 13.3. The van der Waals surface area contributed by atoms with E-state index < -0.39 is 0 Å². The Balaban J connectivity index is 2.24. The fraction of sp³-hybridized carbons (Fsp3) is 0.538. The van der Waals surface area contributed by atoms with Crippen LogP contribution in [0.5, 0.6) is 0 Å². The number of rotatable bonds is 3. The average molecular weight is 242 g/mol. The van der Waals surface area contributed by atoms with Crippen LogP contribution in [0.4, 0.5) is 4.39 Å². The summed E-state index contributed by atoms with van der Waals surface area (Å²) in [4.78, 5) is 0. The smallest absolute Gasteiger partial charge is 0.125 e. The van der Waals surface area contributed by atoms with Gasteiger partial charge in [-0.25, -0.2) is 4.39 Å². The second-order valence-electron chi connectivity index (χ2n) is 4.51. The Labute approximate surface area is 101 Å². The van der Waals surface area contributed by atoms with Crippen LogP contribution in [0.3, 0.4) is 0 Å². The highest BCUT2D eigenvalue weighted by molar-refractivity contribution is 6.30. The second kappa shape index (κ2) is 5.15. The lowest BCUT2D eigenvalue weighted by Gasteiger charge is -2.23. The van der Waals surface area contributed by atoms with Crippen molar-refractivity contribution in [2.45, 2.75) is 31.7 Å². The minimum Gasteiger partial charge on any atom is -0.313 e. The van der Waals surface area contributed by atoms with Gasteiger partial charge in [-0.2, -0.15) is 0 Å². The van der Waals surface area contributed by atoms with Gasteiger partial charge in [-0.3, -0.25) is 0 Å². The standard InChI is InChI=1S/C13H17ClFN/c1-16-13(9-4-2-3-5-9)10-6-11(14)8-12(15)7-10/h6-9,13,16H,2-5H2,1H3. The van der Waals surface area contributed by atoms with Crippen LogP contribution in [0.25, 0.3) is 0 Å². The molecule has 0 amide bonds. The zero-order chi connectivity index (χ0) is 11.5. The van der Waals surface area contributed by atoms with E-state index in [1.54, 1.807) is 6.07 Å². The Morgan fingerprint density at radius 2 is 2.00 bits per heavy atom. The number of nitrogens with one attached hydrogen (secondary N) is 1. The van der Waals surface area contributed by atoms with Crippen LogP contribution < -0.4 is 5.32 Å². The van der Waals surface area contributed by atoms with Gasteiger partial charge in [0.1, 0.15) is 5.82 Å². The highest BCUT2D eigenvalue weighted by Gasteiger charge is 2.25. The van der Waals surface area contributed by atoms with Crippen LogP contribution in [0.1, 0.15) is 37.3 Å². The molecular formula is C13H17ClFN. The molecule has 1 nitrogen and oxygen atoms in total. The van der Waals surface area contributed by atoms with Gasteiger partial charge in [0.15, 0.2) is 0 Å². The van der Waals surface area contributed by atoms with Crippen LogP contribution in [0.15, 0.2) is 18.2 Å². The van der Waals surface area contributed by atoms with Gasteiger partial charge < -0.3 is 5.32 Å². The Kier molecular flexibility index (Phi) is 3.82. The molecule has 0 heterocycles. The number of hydrogen-bond donors (Lipinski definition) is 1. The largest absolute Gasteiger partial charge is 0.313 e. The fourth-order valence-corrected chi connectivity index (χ4v) is 2.95. The van der Waals surface area contributed by atoms with E-state index in [0.29, 0.717) is 10.9 Å². The summed E-state index contributed by atoms with van der Waals surface area (Å²) in [5, 5.41) is 3.77. The van der Waals surface area contributed by atoms with Gasteiger partial charge >= 0.3 is 0 Å². The maximum absolute atomic E-state index is 13.3. The lowest BCUT2D eigenvalue weighted by molar-refractivity contribution is 0.389. The first kappa shape index (κ1) is 11.9. The van der Waals surface area contributed by atoms with Crippen LogP contribution in [-0.2, 0) is 0 Å². The molecule has 1 aromatic carbocycles. The minimum atomic E-state index is -0.249. The monoisotopic (exact) mass is 241 g/mol. The van der Waals surface area contributed by atoms with Crippen molar-refractivity contribution in [2.24, 2.45) is 5.92 Å². The van der Waals surface area contributed by atoms with Crippen molar-refractivity contribution in [3.05, 3.63) is 34.6 Å². The van der Waals surface area contributed by atoms with Gasteiger partial charge in [-0.05, 0) is 49.6 Å². The average Bonchev–Trinajstić information content (AvgIpc) is 2.70.